The summed E-state index contributed by atoms with van der Waals surface area (Å²) >= 11 is 0. The standard InChI is InChI=1S/C22H29NO.ClH/c1-17-12-14-19(15-13-17)22(24)16-8-7-11-20(22)21(23(2)3)18-9-5-4-6-10-18;/h4-6,9-10,12-15,20-21,24H,7-8,11,16H2,1-3H3;1H. The van der Waals surface area contributed by atoms with Crippen LogP contribution in [0.4, 0.5) is 0 Å². The molecule has 2 nitrogen and oxygen atoms in total. The molecule has 1 fully saturated rings. The maximum Gasteiger partial charge on any atom is 0.0942 e. The van der Waals surface area contributed by atoms with Gasteiger partial charge in [0.05, 0.1) is 5.60 Å². The van der Waals surface area contributed by atoms with Crippen LogP contribution in [0.2, 0.25) is 0 Å². The van der Waals surface area contributed by atoms with Crippen molar-refractivity contribution in [1.29, 1.82) is 0 Å². The molecular formula is C22H30ClNO. The summed E-state index contributed by atoms with van der Waals surface area (Å²) in [6.07, 6.45) is 4.19. The number of nitrogens with zero attached hydrogens (tertiary/aromatic N) is 1. The Labute approximate surface area is 158 Å². The number of hydrogen-bond acceptors (Lipinski definition) is 2. The Kier molecular flexibility index (Phi) is 6.67. The second-order valence-electron chi connectivity index (χ2n) is 7.46. The number of benzene rings is 2. The minimum Gasteiger partial charge on any atom is -0.385 e. The van der Waals surface area contributed by atoms with Gasteiger partial charge in [0.2, 0.25) is 0 Å². The Bertz CT molecular complexity index is 655. The van der Waals surface area contributed by atoms with Gasteiger partial charge in [-0.2, -0.15) is 0 Å². The molecule has 0 spiro atoms. The zero-order valence-corrected chi connectivity index (χ0v) is 16.3. The fourth-order valence-electron chi connectivity index (χ4n) is 4.34. The van der Waals surface area contributed by atoms with Crippen molar-refractivity contribution in [3.63, 3.8) is 0 Å². The largest absolute Gasteiger partial charge is 0.385 e. The molecule has 1 aliphatic carbocycles. The van der Waals surface area contributed by atoms with Gasteiger partial charge in [0, 0.05) is 12.0 Å². The third-order valence-corrected chi connectivity index (χ3v) is 5.57. The van der Waals surface area contributed by atoms with E-state index in [1.807, 2.05) is 0 Å². The minimum absolute atomic E-state index is 0. The molecule has 1 N–H and O–H groups in total. The zero-order chi connectivity index (χ0) is 17.2. The van der Waals surface area contributed by atoms with Gasteiger partial charge in [-0.05, 0) is 45.0 Å². The molecule has 136 valence electrons. The fourth-order valence-corrected chi connectivity index (χ4v) is 4.34. The average Bonchev–Trinajstić information content (AvgIpc) is 2.58. The molecule has 3 unspecified atom stereocenters. The highest BCUT2D eigenvalue weighted by molar-refractivity contribution is 5.85. The predicted octanol–water partition coefficient (Wildman–Crippen LogP) is 5.10. The van der Waals surface area contributed by atoms with Crippen LogP contribution in [0.1, 0.15) is 48.4 Å². The minimum atomic E-state index is -0.753. The van der Waals surface area contributed by atoms with E-state index < -0.39 is 5.60 Å². The van der Waals surface area contributed by atoms with Gasteiger partial charge in [-0.15, -0.1) is 12.4 Å². The smallest absolute Gasteiger partial charge is 0.0942 e. The summed E-state index contributed by atoms with van der Waals surface area (Å²) in [4.78, 5) is 2.27. The normalized spacial score (nSPS) is 24.6. The fraction of sp³-hybridized carbons (Fsp3) is 0.455. The average molecular weight is 360 g/mol. The Morgan fingerprint density at radius 2 is 1.64 bits per heavy atom. The highest BCUT2D eigenvalue weighted by Crippen LogP contribution is 2.48. The van der Waals surface area contributed by atoms with E-state index >= 15 is 0 Å². The monoisotopic (exact) mass is 359 g/mol. The van der Waals surface area contributed by atoms with Gasteiger partial charge in [0.15, 0.2) is 0 Å². The number of rotatable bonds is 4. The molecule has 3 atom stereocenters. The lowest BCUT2D eigenvalue weighted by molar-refractivity contribution is -0.0838. The van der Waals surface area contributed by atoms with Crippen molar-refractivity contribution in [1.82, 2.24) is 4.90 Å². The van der Waals surface area contributed by atoms with Crippen LogP contribution in [-0.4, -0.2) is 24.1 Å². The summed E-state index contributed by atoms with van der Waals surface area (Å²) in [5, 5.41) is 11.7. The third kappa shape index (κ3) is 4.08. The summed E-state index contributed by atoms with van der Waals surface area (Å²) in [6.45, 7) is 2.10. The van der Waals surface area contributed by atoms with E-state index in [1.54, 1.807) is 0 Å². The van der Waals surface area contributed by atoms with Crippen LogP contribution in [-0.2, 0) is 5.60 Å². The number of halogens is 1. The quantitative estimate of drug-likeness (QED) is 0.821. The number of aryl methyl sites for hydroxylation is 1. The molecule has 2 aromatic carbocycles. The van der Waals surface area contributed by atoms with Crippen LogP contribution in [0.15, 0.2) is 54.6 Å². The van der Waals surface area contributed by atoms with Crippen molar-refractivity contribution in [2.24, 2.45) is 5.92 Å². The molecule has 0 radical (unpaired) electrons. The van der Waals surface area contributed by atoms with Crippen LogP contribution >= 0.6 is 12.4 Å². The summed E-state index contributed by atoms with van der Waals surface area (Å²) < 4.78 is 0. The highest BCUT2D eigenvalue weighted by atomic mass is 35.5. The first-order valence-electron chi connectivity index (χ1n) is 9.03. The molecule has 0 aliphatic heterocycles. The van der Waals surface area contributed by atoms with Crippen LogP contribution < -0.4 is 0 Å². The van der Waals surface area contributed by atoms with Crippen LogP contribution in [0.5, 0.6) is 0 Å². The van der Waals surface area contributed by atoms with Crippen LogP contribution in [0.25, 0.3) is 0 Å². The molecule has 2 aromatic rings. The molecule has 0 amide bonds. The lowest BCUT2D eigenvalue weighted by atomic mass is 9.67. The van der Waals surface area contributed by atoms with Crippen molar-refractivity contribution in [3.8, 4) is 0 Å². The maximum absolute atomic E-state index is 11.7. The highest BCUT2D eigenvalue weighted by Gasteiger charge is 2.45. The zero-order valence-electron chi connectivity index (χ0n) is 15.5. The molecule has 1 saturated carbocycles. The van der Waals surface area contributed by atoms with Crippen molar-refractivity contribution in [3.05, 3.63) is 71.3 Å². The van der Waals surface area contributed by atoms with Gasteiger partial charge in [-0.25, -0.2) is 0 Å². The van der Waals surface area contributed by atoms with E-state index in [0.29, 0.717) is 0 Å². The Morgan fingerprint density at radius 3 is 2.24 bits per heavy atom. The van der Waals surface area contributed by atoms with Gasteiger partial charge in [-0.1, -0.05) is 73.0 Å². The van der Waals surface area contributed by atoms with Crippen LogP contribution in [0.3, 0.4) is 0 Å². The van der Waals surface area contributed by atoms with Crippen molar-refractivity contribution in [2.45, 2.75) is 44.2 Å². The topological polar surface area (TPSA) is 23.5 Å². The molecular weight excluding hydrogens is 330 g/mol. The molecule has 3 rings (SSSR count). The van der Waals surface area contributed by atoms with Gasteiger partial charge in [0.1, 0.15) is 0 Å². The summed E-state index contributed by atoms with van der Waals surface area (Å²) in [5.74, 6) is 0.200. The van der Waals surface area contributed by atoms with Crippen LogP contribution in [0, 0.1) is 12.8 Å². The predicted molar refractivity (Wildman–Crippen MR) is 107 cm³/mol. The van der Waals surface area contributed by atoms with Gasteiger partial charge in [0.25, 0.3) is 0 Å². The van der Waals surface area contributed by atoms with E-state index in [1.165, 1.54) is 17.5 Å². The first-order valence-corrected chi connectivity index (χ1v) is 9.03. The lowest BCUT2D eigenvalue weighted by Crippen LogP contribution is -2.45. The van der Waals surface area contributed by atoms with Crippen molar-refractivity contribution >= 4 is 12.4 Å². The lowest BCUT2D eigenvalue weighted by Gasteiger charge is -2.46. The summed E-state index contributed by atoms with van der Waals surface area (Å²) in [7, 11) is 4.25. The Hall–Kier alpha value is -1.35. The third-order valence-electron chi connectivity index (χ3n) is 5.57. The second-order valence-corrected chi connectivity index (χ2v) is 7.46. The van der Waals surface area contributed by atoms with Crippen molar-refractivity contribution < 1.29 is 5.11 Å². The first kappa shape index (κ1) is 20.0. The number of aliphatic hydroxyl groups is 1. The molecule has 0 saturated heterocycles. The second kappa shape index (κ2) is 8.35. The molecule has 0 bridgehead atoms. The molecule has 0 aromatic heterocycles. The molecule has 3 heteroatoms. The first-order chi connectivity index (χ1) is 11.5. The van der Waals surface area contributed by atoms with E-state index in [9.17, 15) is 5.11 Å². The van der Waals surface area contributed by atoms with Gasteiger partial charge in [-0.3, -0.25) is 0 Å². The molecule has 1 aliphatic rings. The van der Waals surface area contributed by atoms with Crippen molar-refractivity contribution in [2.75, 3.05) is 14.1 Å². The van der Waals surface area contributed by atoms with E-state index in [2.05, 4.69) is 80.5 Å². The van der Waals surface area contributed by atoms with E-state index in [-0.39, 0.29) is 24.4 Å². The molecule has 0 heterocycles. The Morgan fingerprint density at radius 1 is 1.00 bits per heavy atom. The maximum atomic E-state index is 11.7. The van der Waals surface area contributed by atoms with Gasteiger partial charge < -0.3 is 10.0 Å². The van der Waals surface area contributed by atoms with E-state index in [0.717, 1.165) is 24.8 Å². The SMILES string of the molecule is Cc1ccc(C2(O)CCCCC2C(c2ccccc2)N(C)C)cc1.Cl. The van der Waals surface area contributed by atoms with Gasteiger partial charge >= 0.3 is 0 Å². The summed E-state index contributed by atoms with van der Waals surface area (Å²) in [5.41, 5.74) is 2.85. The van der Waals surface area contributed by atoms with E-state index in [4.69, 9.17) is 0 Å². The summed E-state index contributed by atoms with van der Waals surface area (Å²) in [6, 6.07) is 19.3. The molecule has 25 heavy (non-hydrogen) atoms. The number of hydrogen-bond donors (Lipinski definition) is 1. The Balaban J connectivity index is 0.00000225.